The van der Waals surface area contributed by atoms with Gasteiger partial charge in [-0.1, -0.05) is 44.1 Å². The maximum atomic E-state index is 12.8. The zero-order valence-electron chi connectivity index (χ0n) is 18.0. The van der Waals surface area contributed by atoms with E-state index in [1.54, 1.807) is 23.7 Å². The topological polar surface area (TPSA) is 75.1 Å². The number of hydrogen-bond acceptors (Lipinski definition) is 6. The number of phenolic OH excluding ortho intramolecular Hbond substituents is 1. The molecule has 0 saturated heterocycles. The highest BCUT2D eigenvalue weighted by atomic mass is 35.5. The van der Waals surface area contributed by atoms with E-state index in [4.69, 9.17) is 11.6 Å². The molecule has 31 heavy (non-hydrogen) atoms. The van der Waals surface area contributed by atoms with Gasteiger partial charge in [-0.05, 0) is 61.3 Å². The van der Waals surface area contributed by atoms with Gasteiger partial charge in [0.15, 0.2) is 0 Å². The van der Waals surface area contributed by atoms with Crippen LogP contribution >= 0.6 is 34.7 Å². The first-order chi connectivity index (χ1) is 14.6. The third-order valence-electron chi connectivity index (χ3n) is 5.91. The monoisotopic (exact) mass is 475 g/mol. The summed E-state index contributed by atoms with van der Waals surface area (Å²) < 4.78 is 0. The van der Waals surface area contributed by atoms with Crippen molar-refractivity contribution < 1.29 is 9.90 Å². The molecular formula is C23H26ClN3O2S2. The average Bonchev–Trinajstić information content (AvgIpc) is 3.08. The molecule has 0 saturated carbocycles. The van der Waals surface area contributed by atoms with Crippen LogP contribution in [0.25, 0.3) is 10.2 Å². The summed E-state index contributed by atoms with van der Waals surface area (Å²) in [6.07, 6.45) is 4.84. The molecule has 0 aliphatic heterocycles. The lowest BCUT2D eigenvalue weighted by Gasteiger charge is -2.33. The lowest BCUT2D eigenvalue weighted by atomic mass is 9.72. The number of anilines is 1. The van der Waals surface area contributed by atoms with E-state index in [1.165, 1.54) is 34.3 Å². The van der Waals surface area contributed by atoms with Gasteiger partial charge in [-0.15, -0.1) is 11.3 Å². The van der Waals surface area contributed by atoms with Gasteiger partial charge in [-0.3, -0.25) is 4.79 Å². The van der Waals surface area contributed by atoms with E-state index in [1.807, 2.05) is 6.92 Å². The Balaban J connectivity index is 1.57. The first-order valence-electron chi connectivity index (χ1n) is 10.3. The minimum atomic E-state index is -0.405. The molecule has 164 valence electrons. The number of carbonyl (C=O) groups is 1. The Morgan fingerprint density at radius 3 is 2.87 bits per heavy atom. The van der Waals surface area contributed by atoms with Crippen LogP contribution in [0.4, 0.5) is 5.69 Å². The third-order valence-corrected chi connectivity index (χ3v) is 8.41. The number of rotatable bonds is 4. The second-order valence-electron chi connectivity index (χ2n) is 9.08. The first kappa shape index (κ1) is 22.4. The van der Waals surface area contributed by atoms with Crippen molar-refractivity contribution in [2.75, 3.05) is 5.32 Å². The number of fused-ring (bicyclic) bond motifs is 3. The van der Waals surface area contributed by atoms with Gasteiger partial charge in [0.1, 0.15) is 21.9 Å². The third kappa shape index (κ3) is 4.69. The molecule has 1 aliphatic rings. The second-order valence-corrected chi connectivity index (χ2v) is 11.9. The molecule has 2 unspecified atom stereocenters. The number of aryl methyl sites for hydroxylation is 1. The van der Waals surface area contributed by atoms with Crippen LogP contribution in [0.15, 0.2) is 29.6 Å². The number of nitrogens with one attached hydrogen (secondary N) is 1. The molecule has 0 spiro atoms. The number of phenols is 1. The molecule has 2 atom stereocenters. The summed E-state index contributed by atoms with van der Waals surface area (Å²) in [4.78, 5) is 24.2. The fourth-order valence-corrected chi connectivity index (χ4v) is 6.42. The van der Waals surface area contributed by atoms with Crippen molar-refractivity contribution in [2.45, 2.75) is 57.2 Å². The van der Waals surface area contributed by atoms with Gasteiger partial charge in [0.05, 0.1) is 10.9 Å². The zero-order valence-corrected chi connectivity index (χ0v) is 20.4. The Morgan fingerprint density at radius 1 is 1.35 bits per heavy atom. The maximum absolute atomic E-state index is 12.8. The minimum absolute atomic E-state index is 0.0142. The van der Waals surface area contributed by atoms with Crippen LogP contribution < -0.4 is 5.32 Å². The summed E-state index contributed by atoms with van der Waals surface area (Å²) in [5.74, 6) is 0.429. The van der Waals surface area contributed by atoms with E-state index < -0.39 is 5.25 Å². The van der Waals surface area contributed by atoms with Crippen LogP contribution in [0, 0.1) is 11.3 Å². The van der Waals surface area contributed by atoms with Crippen LogP contribution in [0.5, 0.6) is 5.75 Å². The summed E-state index contributed by atoms with van der Waals surface area (Å²) in [5.41, 5.74) is 1.94. The van der Waals surface area contributed by atoms with Crippen molar-refractivity contribution in [3.05, 3.63) is 40.0 Å². The van der Waals surface area contributed by atoms with Gasteiger partial charge in [0.25, 0.3) is 0 Å². The Bertz CT molecular complexity index is 1140. The predicted molar refractivity (Wildman–Crippen MR) is 129 cm³/mol. The van der Waals surface area contributed by atoms with Crippen molar-refractivity contribution in [3.63, 3.8) is 0 Å². The zero-order chi connectivity index (χ0) is 22.3. The predicted octanol–water partition coefficient (Wildman–Crippen LogP) is 6.32. The summed E-state index contributed by atoms with van der Waals surface area (Å²) in [6.45, 7) is 8.78. The molecule has 8 heteroatoms. The van der Waals surface area contributed by atoms with E-state index in [9.17, 15) is 9.90 Å². The molecule has 5 nitrogen and oxygen atoms in total. The van der Waals surface area contributed by atoms with Crippen molar-refractivity contribution in [3.8, 4) is 5.75 Å². The Hall–Kier alpha value is -1.83. The number of amides is 1. The number of carbonyl (C=O) groups excluding carboxylic acids is 1. The highest BCUT2D eigenvalue weighted by Gasteiger charge is 2.32. The number of nitrogens with zero attached hydrogens (tertiary/aromatic N) is 2. The fourth-order valence-electron chi connectivity index (χ4n) is 3.97. The molecule has 4 rings (SSSR count). The molecule has 3 aromatic rings. The summed E-state index contributed by atoms with van der Waals surface area (Å²) in [7, 11) is 0. The quantitative estimate of drug-likeness (QED) is 0.262. The Labute approximate surface area is 195 Å². The Kier molecular flexibility index (Phi) is 6.21. The van der Waals surface area contributed by atoms with Crippen LogP contribution in [-0.2, 0) is 17.6 Å². The largest absolute Gasteiger partial charge is 0.506 e. The number of halogens is 1. The van der Waals surface area contributed by atoms with Crippen LogP contribution in [0.1, 0.15) is 44.6 Å². The molecule has 0 radical (unpaired) electrons. The molecule has 0 bridgehead atoms. The number of thioether (sulfide) groups is 1. The first-order valence-corrected chi connectivity index (χ1v) is 12.4. The van der Waals surface area contributed by atoms with Gasteiger partial charge >= 0.3 is 0 Å². The number of benzene rings is 1. The molecule has 1 aliphatic carbocycles. The molecule has 1 aromatic carbocycles. The Morgan fingerprint density at radius 2 is 2.13 bits per heavy atom. The highest BCUT2D eigenvalue weighted by Crippen LogP contribution is 2.45. The standard InChI is InChI=1S/C23H26ClN3O2S2/c1-12(20(29)27-16-10-14(24)6-8-17(16)28)30-21-19-15-7-5-13(23(2,3)4)9-18(15)31-22(19)26-11-25-21/h6,8,10-13,28H,5,7,9H2,1-4H3,(H,27,29). The van der Waals surface area contributed by atoms with E-state index >= 15 is 0 Å². The van der Waals surface area contributed by atoms with Crippen molar-refractivity contribution >= 4 is 56.5 Å². The summed E-state index contributed by atoms with van der Waals surface area (Å²) >= 11 is 9.17. The second kappa shape index (κ2) is 8.60. The lowest BCUT2D eigenvalue weighted by Crippen LogP contribution is -2.26. The smallest absolute Gasteiger partial charge is 0.237 e. The summed E-state index contributed by atoms with van der Waals surface area (Å²) in [5, 5.41) is 14.7. The molecule has 2 aromatic heterocycles. The van der Waals surface area contributed by atoms with Crippen molar-refractivity contribution in [1.29, 1.82) is 0 Å². The SMILES string of the molecule is CC(Sc1ncnc2sc3c(c12)CCC(C(C)(C)C)C3)C(=O)Nc1cc(Cl)ccc1O. The maximum Gasteiger partial charge on any atom is 0.237 e. The van der Waals surface area contributed by atoms with Gasteiger partial charge in [0, 0.05) is 15.3 Å². The van der Waals surface area contributed by atoms with Crippen LogP contribution in [-0.4, -0.2) is 26.2 Å². The minimum Gasteiger partial charge on any atom is -0.506 e. The van der Waals surface area contributed by atoms with Gasteiger partial charge < -0.3 is 10.4 Å². The van der Waals surface area contributed by atoms with Crippen molar-refractivity contribution in [2.24, 2.45) is 11.3 Å². The molecular weight excluding hydrogens is 450 g/mol. The van der Waals surface area contributed by atoms with Crippen LogP contribution in [0.3, 0.4) is 0 Å². The highest BCUT2D eigenvalue weighted by molar-refractivity contribution is 8.00. The van der Waals surface area contributed by atoms with Crippen molar-refractivity contribution in [1.82, 2.24) is 9.97 Å². The number of aromatic hydroxyl groups is 1. The number of thiophene rings is 1. The number of aromatic nitrogens is 2. The van der Waals surface area contributed by atoms with Gasteiger partial charge in [-0.2, -0.15) is 0 Å². The van der Waals surface area contributed by atoms with Gasteiger partial charge in [0.2, 0.25) is 5.91 Å². The van der Waals surface area contributed by atoms with E-state index in [0.717, 1.165) is 34.5 Å². The van der Waals surface area contributed by atoms with Gasteiger partial charge in [-0.25, -0.2) is 9.97 Å². The lowest BCUT2D eigenvalue weighted by molar-refractivity contribution is -0.115. The van der Waals surface area contributed by atoms with E-state index in [-0.39, 0.29) is 17.1 Å². The van der Waals surface area contributed by atoms with Crippen LogP contribution in [0.2, 0.25) is 5.02 Å². The molecule has 2 N–H and O–H groups in total. The summed E-state index contributed by atoms with van der Waals surface area (Å²) in [6, 6.07) is 4.58. The number of hydrogen-bond donors (Lipinski definition) is 2. The van der Waals surface area contributed by atoms with E-state index in [2.05, 4.69) is 36.1 Å². The molecule has 2 heterocycles. The van der Waals surface area contributed by atoms with E-state index in [0.29, 0.717) is 16.6 Å². The normalized spacial score (nSPS) is 17.4. The molecule has 0 fully saturated rings. The molecule has 1 amide bonds. The average molecular weight is 476 g/mol. The fraction of sp³-hybridized carbons (Fsp3) is 0.435.